The van der Waals surface area contributed by atoms with Gasteiger partial charge in [-0.25, -0.2) is 4.98 Å². The molecule has 0 aliphatic rings. The van der Waals surface area contributed by atoms with Gasteiger partial charge in [0, 0.05) is 17.1 Å². The lowest BCUT2D eigenvalue weighted by atomic mass is 10.1. The lowest BCUT2D eigenvalue weighted by molar-refractivity contribution is 0.297. The number of benzene rings is 3. The van der Waals surface area contributed by atoms with E-state index in [-0.39, 0.29) is 5.56 Å². The molecule has 4 rings (SSSR count). The molecule has 5 heteroatoms. The molecule has 4 nitrogen and oxygen atoms in total. The predicted molar refractivity (Wildman–Crippen MR) is 122 cm³/mol. The predicted octanol–water partition coefficient (Wildman–Crippen LogP) is 5.80. The van der Waals surface area contributed by atoms with Crippen LogP contribution >= 0.6 is 11.6 Å². The van der Waals surface area contributed by atoms with Crippen molar-refractivity contribution in [3.63, 3.8) is 0 Å². The minimum atomic E-state index is -0.0439. The monoisotopic (exact) mass is 418 g/mol. The fourth-order valence-electron chi connectivity index (χ4n) is 3.62. The van der Waals surface area contributed by atoms with Crippen molar-refractivity contribution in [2.24, 2.45) is 0 Å². The number of ether oxygens (including phenoxy) is 1. The Balaban J connectivity index is 1.63. The average molecular weight is 419 g/mol. The number of halogens is 1. The third kappa shape index (κ3) is 4.10. The van der Waals surface area contributed by atoms with Crippen LogP contribution in [0.5, 0.6) is 5.75 Å². The van der Waals surface area contributed by atoms with Gasteiger partial charge in [-0.1, -0.05) is 41.9 Å². The normalized spacial score (nSPS) is 11.0. The van der Waals surface area contributed by atoms with E-state index >= 15 is 0 Å². The number of rotatable bonds is 6. The van der Waals surface area contributed by atoms with Gasteiger partial charge in [-0.05, 0) is 67.8 Å². The highest BCUT2D eigenvalue weighted by atomic mass is 35.5. The van der Waals surface area contributed by atoms with Crippen molar-refractivity contribution in [1.29, 1.82) is 0 Å². The van der Waals surface area contributed by atoms with Gasteiger partial charge in [-0.2, -0.15) is 0 Å². The molecule has 0 unspecified atom stereocenters. The van der Waals surface area contributed by atoms with E-state index < -0.39 is 0 Å². The third-order valence-electron chi connectivity index (χ3n) is 5.15. The molecule has 0 N–H and O–H groups in total. The van der Waals surface area contributed by atoms with E-state index in [1.807, 2.05) is 80.6 Å². The lowest BCUT2D eigenvalue weighted by Gasteiger charge is -2.15. The smallest absolute Gasteiger partial charge is 0.261 e. The summed E-state index contributed by atoms with van der Waals surface area (Å²) >= 11 is 6.05. The van der Waals surface area contributed by atoms with Crippen LogP contribution in [0, 0.1) is 13.8 Å². The molecule has 0 aliphatic heterocycles. The van der Waals surface area contributed by atoms with Crippen LogP contribution in [0.4, 0.5) is 0 Å². The van der Waals surface area contributed by atoms with Gasteiger partial charge in [0.05, 0.1) is 17.5 Å². The summed E-state index contributed by atoms with van der Waals surface area (Å²) in [6.07, 6.45) is 0.689. The Labute approximate surface area is 180 Å². The number of fused-ring (bicyclic) bond motifs is 1. The van der Waals surface area contributed by atoms with Crippen LogP contribution in [-0.4, -0.2) is 16.2 Å². The summed E-state index contributed by atoms with van der Waals surface area (Å²) < 4.78 is 7.76. The largest absolute Gasteiger partial charge is 0.493 e. The Morgan fingerprint density at radius 1 is 0.933 bits per heavy atom. The van der Waals surface area contributed by atoms with Crippen molar-refractivity contribution in [3.8, 4) is 17.1 Å². The molecule has 0 saturated carbocycles. The van der Waals surface area contributed by atoms with E-state index in [1.54, 1.807) is 4.57 Å². The summed E-state index contributed by atoms with van der Waals surface area (Å²) in [6.45, 7) is 5.11. The van der Waals surface area contributed by atoms with E-state index in [1.165, 1.54) is 0 Å². The fraction of sp³-hybridized carbons (Fsp3) is 0.200. The second-order valence-electron chi connectivity index (χ2n) is 7.34. The third-order valence-corrected chi connectivity index (χ3v) is 5.40. The quantitative estimate of drug-likeness (QED) is 0.371. The Morgan fingerprint density at radius 2 is 1.63 bits per heavy atom. The standard InChI is InChI=1S/C25H23ClN2O2/c1-17-7-5-8-18(2)23(17)30-16-6-15-28-24(19-11-13-20(26)14-12-19)27-22-10-4-3-9-21(22)25(28)29/h3-5,7-14H,6,15-16H2,1-2H3. The summed E-state index contributed by atoms with van der Waals surface area (Å²) in [5.41, 5.74) is 3.73. The minimum absolute atomic E-state index is 0.0439. The number of para-hydroxylation sites is 2. The molecule has 0 atom stereocenters. The SMILES string of the molecule is Cc1cccc(C)c1OCCCn1c(-c2ccc(Cl)cc2)nc2ccccc2c1=O. The first-order valence-electron chi connectivity index (χ1n) is 9.99. The molecule has 0 fully saturated rings. The van der Waals surface area contributed by atoms with Gasteiger partial charge in [-0.3, -0.25) is 9.36 Å². The molecule has 152 valence electrons. The van der Waals surface area contributed by atoms with Crippen LogP contribution in [0.2, 0.25) is 5.02 Å². The Kier molecular flexibility index (Phi) is 5.86. The Hall–Kier alpha value is -3.11. The van der Waals surface area contributed by atoms with Gasteiger partial charge in [0.1, 0.15) is 11.6 Å². The maximum Gasteiger partial charge on any atom is 0.261 e. The molecular weight excluding hydrogens is 396 g/mol. The first-order valence-corrected chi connectivity index (χ1v) is 10.4. The molecule has 0 amide bonds. The second-order valence-corrected chi connectivity index (χ2v) is 7.78. The van der Waals surface area contributed by atoms with Crippen LogP contribution in [0.15, 0.2) is 71.5 Å². The molecule has 1 aromatic heterocycles. The zero-order valence-corrected chi connectivity index (χ0v) is 17.8. The van der Waals surface area contributed by atoms with Gasteiger partial charge >= 0.3 is 0 Å². The molecule has 0 aliphatic carbocycles. The minimum Gasteiger partial charge on any atom is -0.493 e. The van der Waals surface area contributed by atoms with Gasteiger partial charge < -0.3 is 4.74 Å². The molecule has 0 bridgehead atoms. The van der Waals surface area contributed by atoms with Crippen LogP contribution in [0.25, 0.3) is 22.3 Å². The molecule has 30 heavy (non-hydrogen) atoms. The maximum atomic E-state index is 13.2. The van der Waals surface area contributed by atoms with E-state index in [4.69, 9.17) is 21.3 Å². The summed E-state index contributed by atoms with van der Waals surface area (Å²) in [5.74, 6) is 1.56. The van der Waals surface area contributed by atoms with Crippen molar-refractivity contribution in [2.45, 2.75) is 26.8 Å². The summed E-state index contributed by atoms with van der Waals surface area (Å²) in [5, 5.41) is 1.27. The molecule has 3 aromatic carbocycles. The van der Waals surface area contributed by atoms with Crippen molar-refractivity contribution in [2.75, 3.05) is 6.61 Å². The number of aromatic nitrogens is 2. The highest BCUT2D eigenvalue weighted by molar-refractivity contribution is 6.30. The van der Waals surface area contributed by atoms with E-state index in [9.17, 15) is 4.79 Å². The molecule has 0 radical (unpaired) electrons. The number of aryl methyl sites for hydroxylation is 2. The summed E-state index contributed by atoms with van der Waals surface area (Å²) in [6, 6.07) is 21.0. The summed E-state index contributed by atoms with van der Waals surface area (Å²) in [7, 11) is 0. The average Bonchev–Trinajstić information content (AvgIpc) is 2.74. The maximum absolute atomic E-state index is 13.2. The highest BCUT2D eigenvalue weighted by Crippen LogP contribution is 2.23. The van der Waals surface area contributed by atoms with Crippen molar-refractivity contribution < 1.29 is 4.74 Å². The van der Waals surface area contributed by atoms with E-state index in [2.05, 4.69) is 0 Å². The van der Waals surface area contributed by atoms with Gasteiger partial charge in [0.25, 0.3) is 5.56 Å². The van der Waals surface area contributed by atoms with E-state index in [0.717, 1.165) is 22.4 Å². The summed E-state index contributed by atoms with van der Waals surface area (Å²) in [4.78, 5) is 18.0. The van der Waals surface area contributed by atoms with Gasteiger partial charge in [0.15, 0.2) is 0 Å². The molecule has 0 saturated heterocycles. The van der Waals surface area contributed by atoms with Crippen molar-refractivity contribution in [3.05, 3.63) is 93.2 Å². The number of nitrogens with zero attached hydrogens (tertiary/aromatic N) is 2. The van der Waals surface area contributed by atoms with E-state index in [0.29, 0.717) is 41.3 Å². The van der Waals surface area contributed by atoms with Crippen molar-refractivity contribution in [1.82, 2.24) is 9.55 Å². The topological polar surface area (TPSA) is 44.1 Å². The Bertz CT molecular complexity index is 1230. The zero-order valence-electron chi connectivity index (χ0n) is 17.1. The van der Waals surface area contributed by atoms with Crippen LogP contribution < -0.4 is 10.3 Å². The lowest BCUT2D eigenvalue weighted by Crippen LogP contribution is -2.24. The van der Waals surface area contributed by atoms with Crippen LogP contribution in [-0.2, 0) is 6.54 Å². The second kappa shape index (κ2) is 8.72. The van der Waals surface area contributed by atoms with Crippen LogP contribution in [0.3, 0.4) is 0 Å². The molecular formula is C25H23ClN2O2. The van der Waals surface area contributed by atoms with Gasteiger partial charge in [0.2, 0.25) is 0 Å². The number of hydrogen-bond acceptors (Lipinski definition) is 3. The van der Waals surface area contributed by atoms with Gasteiger partial charge in [-0.15, -0.1) is 0 Å². The number of hydrogen-bond donors (Lipinski definition) is 0. The molecule has 1 heterocycles. The fourth-order valence-corrected chi connectivity index (χ4v) is 3.74. The van der Waals surface area contributed by atoms with Crippen LogP contribution in [0.1, 0.15) is 17.5 Å². The molecule has 0 spiro atoms. The first-order chi connectivity index (χ1) is 14.5. The van der Waals surface area contributed by atoms with Crippen molar-refractivity contribution >= 4 is 22.5 Å². The zero-order chi connectivity index (χ0) is 21.1. The first kappa shape index (κ1) is 20.2. The Morgan fingerprint density at radius 3 is 2.37 bits per heavy atom. The highest BCUT2D eigenvalue weighted by Gasteiger charge is 2.13. The molecule has 4 aromatic rings.